The van der Waals surface area contributed by atoms with E-state index in [2.05, 4.69) is 4.90 Å². The molecular weight excluding hydrogens is 422 g/mol. The van der Waals surface area contributed by atoms with E-state index in [-0.39, 0.29) is 35.3 Å². The molecule has 2 aliphatic rings. The Hall–Kier alpha value is -1.61. The Morgan fingerprint density at radius 1 is 0.968 bits per heavy atom. The molecule has 2 fully saturated rings. The third kappa shape index (κ3) is 6.68. The van der Waals surface area contributed by atoms with Gasteiger partial charge in [0.25, 0.3) is 0 Å². The van der Waals surface area contributed by atoms with Crippen LogP contribution in [0.3, 0.4) is 0 Å². The lowest BCUT2D eigenvalue weighted by Crippen LogP contribution is -2.50. The summed E-state index contributed by atoms with van der Waals surface area (Å²) in [6, 6.07) is 1.36. The molecule has 1 aromatic rings. The van der Waals surface area contributed by atoms with Crippen molar-refractivity contribution in [3.8, 4) is 0 Å². The third-order valence-corrected chi connectivity index (χ3v) is 6.41. The Balaban J connectivity index is 1.56. The van der Waals surface area contributed by atoms with Gasteiger partial charge in [0.05, 0.1) is 11.1 Å². The fourth-order valence-electron chi connectivity index (χ4n) is 4.77. The van der Waals surface area contributed by atoms with Crippen molar-refractivity contribution in [3.05, 3.63) is 34.9 Å². The summed E-state index contributed by atoms with van der Waals surface area (Å²) in [6.45, 7) is 2.44. The highest BCUT2D eigenvalue weighted by Crippen LogP contribution is 2.37. The largest absolute Gasteiger partial charge is 0.416 e. The predicted molar refractivity (Wildman–Crippen MR) is 104 cm³/mol. The van der Waals surface area contributed by atoms with E-state index in [0.29, 0.717) is 12.1 Å². The van der Waals surface area contributed by atoms with E-state index in [0.717, 1.165) is 58.2 Å². The number of alkyl halides is 6. The number of carbonyl (C=O) groups excluding carboxylic acids is 1. The van der Waals surface area contributed by atoms with Crippen LogP contribution in [0.2, 0.25) is 0 Å². The molecule has 0 atom stereocenters. The monoisotopic (exact) mass is 450 g/mol. The molecule has 1 aliphatic carbocycles. The first kappa shape index (κ1) is 24.0. The zero-order valence-corrected chi connectivity index (χ0v) is 17.3. The van der Waals surface area contributed by atoms with Crippen LogP contribution in [-0.4, -0.2) is 35.9 Å². The zero-order chi connectivity index (χ0) is 22.9. The summed E-state index contributed by atoms with van der Waals surface area (Å²) in [4.78, 5) is 14.7. The van der Waals surface area contributed by atoms with E-state index < -0.39 is 29.9 Å². The van der Waals surface area contributed by atoms with E-state index in [1.165, 1.54) is 0 Å². The average Bonchev–Trinajstić information content (AvgIpc) is 3.07. The van der Waals surface area contributed by atoms with Crippen LogP contribution in [0.4, 0.5) is 26.3 Å². The molecule has 0 bridgehead atoms. The Morgan fingerprint density at radius 2 is 1.48 bits per heavy atom. The SMILES string of the molecule is NC1(CN2CCC(CC(=O)Cc3cc(C(F)(F)F)cc(C(F)(F)F)c3)CC2)CCCC1. The molecule has 1 saturated carbocycles. The molecule has 1 aliphatic heterocycles. The van der Waals surface area contributed by atoms with Gasteiger partial charge in [-0.25, -0.2) is 0 Å². The summed E-state index contributed by atoms with van der Waals surface area (Å²) < 4.78 is 77.9. The molecular formula is C22H28F6N2O. The zero-order valence-electron chi connectivity index (χ0n) is 17.3. The molecule has 31 heavy (non-hydrogen) atoms. The van der Waals surface area contributed by atoms with Gasteiger partial charge in [0.15, 0.2) is 0 Å². The number of hydrogen-bond donors (Lipinski definition) is 1. The lowest BCUT2D eigenvalue weighted by Gasteiger charge is -2.37. The van der Waals surface area contributed by atoms with Crippen LogP contribution in [0.15, 0.2) is 18.2 Å². The van der Waals surface area contributed by atoms with E-state index in [9.17, 15) is 31.1 Å². The number of halogens is 6. The molecule has 1 aromatic carbocycles. The van der Waals surface area contributed by atoms with Gasteiger partial charge in [-0.1, -0.05) is 12.8 Å². The number of nitrogens with zero attached hydrogens (tertiary/aromatic N) is 1. The molecule has 1 heterocycles. The summed E-state index contributed by atoms with van der Waals surface area (Å²) in [5, 5.41) is 0. The molecule has 9 heteroatoms. The van der Waals surface area contributed by atoms with Gasteiger partial charge in [0, 0.05) is 24.9 Å². The quantitative estimate of drug-likeness (QED) is 0.606. The van der Waals surface area contributed by atoms with Gasteiger partial charge in [-0.3, -0.25) is 4.79 Å². The Morgan fingerprint density at radius 3 is 1.97 bits per heavy atom. The van der Waals surface area contributed by atoms with Gasteiger partial charge in [-0.05, 0) is 68.5 Å². The Bertz CT molecular complexity index is 743. The number of likely N-dealkylation sites (tertiary alicyclic amines) is 1. The smallest absolute Gasteiger partial charge is 0.324 e. The number of rotatable bonds is 6. The Labute approximate surface area is 178 Å². The summed E-state index contributed by atoms with van der Waals surface area (Å²) in [5.41, 5.74) is 3.25. The van der Waals surface area contributed by atoms with Gasteiger partial charge in [0.2, 0.25) is 0 Å². The second-order valence-electron chi connectivity index (χ2n) is 9.12. The van der Waals surface area contributed by atoms with Crippen LogP contribution < -0.4 is 5.73 Å². The molecule has 0 unspecified atom stereocenters. The van der Waals surface area contributed by atoms with Crippen molar-refractivity contribution in [1.82, 2.24) is 4.90 Å². The van der Waals surface area contributed by atoms with Crippen molar-refractivity contribution in [2.24, 2.45) is 11.7 Å². The summed E-state index contributed by atoms with van der Waals surface area (Å²) in [7, 11) is 0. The molecule has 0 amide bonds. The Kier molecular flexibility index (Phi) is 7.05. The van der Waals surface area contributed by atoms with Crippen LogP contribution in [0.5, 0.6) is 0 Å². The number of piperidine rings is 1. The van der Waals surface area contributed by atoms with Gasteiger partial charge < -0.3 is 10.6 Å². The van der Waals surface area contributed by atoms with Crippen molar-refractivity contribution in [1.29, 1.82) is 0 Å². The molecule has 3 rings (SSSR count). The van der Waals surface area contributed by atoms with Crippen molar-refractivity contribution in [3.63, 3.8) is 0 Å². The van der Waals surface area contributed by atoms with E-state index in [1.54, 1.807) is 0 Å². The first-order valence-corrected chi connectivity index (χ1v) is 10.7. The molecule has 3 nitrogen and oxygen atoms in total. The minimum atomic E-state index is -4.91. The standard InChI is InChI=1S/C22H28F6N2O/c23-21(24,25)17-9-16(10-18(13-17)22(26,27)28)12-19(31)11-15-3-7-30(8-4-15)14-20(29)5-1-2-6-20/h9-10,13,15H,1-8,11-12,14,29H2. The van der Waals surface area contributed by atoms with E-state index >= 15 is 0 Å². The molecule has 0 radical (unpaired) electrons. The minimum absolute atomic E-state index is 0.0816. The van der Waals surface area contributed by atoms with Gasteiger partial charge >= 0.3 is 12.4 Å². The van der Waals surface area contributed by atoms with Gasteiger partial charge in [-0.15, -0.1) is 0 Å². The highest BCUT2D eigenvalue weighted by atomic mass is 19.4. The highest BCUT2D eigenvalue weighted by Gasteiger charge is 2.37. The van der Waals surface area contributed by atoms with Crippen LogP contribution in [0, 0.1) is 5.92 Å². The molecule has 0 spiro atoms. The second kappa shape index (κ2) is 9.10. The summed E-state index contributed by atoms with van der Waals surface area (Å²) >= 11 is 0. The lowest BCUT2D eigenvalue weighted by molar-refractivity contribution is -0.143. The first-order valence-electron chi connectivity index (χ1n) is 10.7. The summed E-state index contributed by atoms with van der Waals surface area (Å²) in [5.74, 6) is -0.245. The van der Waals surface area contributed by atoms with E-state index in [1.807, 2.05) is 0 Å². The maximum Gasteiger partial charge on any atom is 0.416 e. The van der Waals surface area contributed by atoms with Crippen LogP contribution in [0.25, 0.3) is 0 Å². The van der Waals surface area contributed by atoms with Crippen molar-refractivity contribution in [2.45, 2.75) is 69.3 Å². The molecule has 1 saturated heterocycles. The van der Waals surface area contributed by atoms with Crippen LogP contribution in [-0.2, 0) is 23.6 Å². The summed E-state index contributed by atoms with van der Waals surface area (Å²) in [6.07, 6.45) is -4.21. The number of benzene rings is 1. The number of Topliss-reactive ketones (excluding diaryl/α,β-unsaturated/α-hetero) is 1. The average molecular weight is 450 g/mol. The van der Waals surface area contributed by atoms with Crippen LogP contribution in [0.1, 0.15) is 61.6 Å². The molecule has 0 aromatic heterocycles. The number of carbonyl (C=O) groups is 1. The minimum Gasteiger partial charge on any atom is -0.324 e. The fourth-order valence-corrected chi connectivity index (χ4v) is 4.77. The first-order chi connectivity index (χ1) is 14.3. The predicted octanol–water partition coefficient (Wildman–Crippen LogP) is 5.21. The molecule has 2 N–H and O–H groups in total. The number of ketones is 1. The second-order valence-corrected chi connectivity index (χ2v) is 9.12. The maximum atomic E-state index is 13.0. The molecule has 174 valence electrons. The fraction of sp³-hybridized carbons (Fsp3) is 0.682. The van der Waals surface area contributed by atoms with Gasteiger partial charge in [0.1, 0.15) is 5.78 Å². The third-order valence-electron chi connectivity index (χ3n) is 6.41. The van der Waals surface area contributed by atoms with Crippen molar-refractivity contribution >= 4 is 5.78 Å². The van der Waals surface area contributed by atoms with Crippen molar-refractivity contribution in [2.75, 3.05) is 19.6 Å². The normalized spacial score (nSPS) is 20.9. The number of hydrogen-bond acceptors (Lipinski definition) is 3. The highest BCUT2D eigenvalue weighted by molar-refractivity contribution is 5.81. The van der Waals surface area contributed by atoms with Crippen molar-refractivity contribution < 1.29 is 31.1 Å². The maximum absolute atomic E-state index is 13.0. The lowest BCUT2D eigenvalue weighted by atomic mass is 9.88. The van der Waals surface area contributed by atoms with Crippen LogP contribution >= 0.6 is 0 Å². The number of nitrogens with two attached hydrogens (primary N) is 1. The van der Waals surface area contributed by atoms with Gasteiger partial charge in [-0.2, -0.15) is 26.3 Å². The van der Waals surface area contributed by atoms with E-state index in [4.69, 9.17) is 5.73 Å². The topological polar surface area (TPSA) is 46.3 Å².